The molecule has 0 fully saturated rings. The van der Waals surface area contributed by atoms with Crippen LogP contribution in [0.15, 0.2) is 0 Å². The van der Waals surface area contributed by atoms with Crippen LogP contribution in [0.25, 0.3) is 0 Å². The predicted octanol–water partition coefficient (Wildman–Crippen LogP) is 2.57. The summed E-state index contributed by atoms with van der Waals surface area (Å²) >= 11 is 0. The van der Waals surface area contributed by atoms with E-state index in [-0.39, 0.29) is 17.4 Å². The number of unbranched alkanes of at least 4 members (excludes halogenated alkanes) is 6. The minimum atomic E-state index is 0. The van der Waals surface area contributed by atoms with Crippen molar-refractivity contribution in [3.05, 3.63) is 0 Å². The van der Waals surface area contributed by atoms with Crippen LogP contribution in [0.1, 0.15) is 58.8 Å². The van der Waals surface area contributed by atoms with E-state index in [1.54, 1.807) is 0 Å². The van der Waals surface area contributed by atoms with Crippen LogP contribution < -0.4 is 0 Å². The van der Waals surface area contributed by atoms with E-state index in [1.807, 2.05) is 0 Å². The van der Waals surface area contributed by atoms with Gasteiger partial charge in [-0.2, -0.15) is 0 Å². The van der Waals surface area contributed by atoms with Gasteiger partial charge in [0.25, 0.3) is 0 Å². The molecule has 0 amide bonds. The zero-order valence-electron chi connectivity index (χ0n) is 6.95. The Morgan fingerprint density at radius 1 is 0.600 bits per heavy atom. The first-order valence-corrected chi connectivity index (χ1v) is 4.41. The van der Waals surface area contributed by atoms with Crippen molar-refractivity contribution < 1.29 is 0 Å². The average Bonchev–Trinajstić information content (AvgIpc) is 1.89. The third-order valence-corrected chi connectivity index (χ3v) is 1.71. The van der Waals surface area contributed by atoms with E-state index in [0.29, 0.717) is 0 Å². The molecular formula is C9H23Al. The third kappa shape index (κ3) is 11.3. The summed E-state index contributed by atoms with van der Waals surface area (Å²) in [5, 5.41) is 0. The minimum absolute atomic E-state index is 0. The van der Waals surface area contributed by atoms with Crippen LogP contribution >= 0.6 is 0 Å². The van der Waals surface area contributed by atoms with Gasteiger partial charge in [-0.15, -0.1) is 0 Å². The Bertz CT molecular complexity index is 38.0. The molecule has 0 N–H and O–H groups in total. The van der Waals surface area contributed by atoms with Crippen molar-refractivity contribution in [2.75, 3.05) is 0 Å². The average molecular weight is 158 g/mol. The van der Waals surface area contributed by atoms with Gasteiger partial charge in [0.2, 0.25) is 0 Å². The Morgan fingerprint density at radius 3 is 1.20 bits per heavy atom. The van der Waals surface area contributed by atoms with E-state index in [2.05, 4.69) is 13.8 Å². The summed E-state index contributed by atoms with van der Waals surface area (Å²) in [5.41, 5.74) is 0. The maximum Gasteiger partial charge on any atom is 0.187 e. The number of hydrogen-bond acceptors (Lipinski definition) is 0. The molecule has 0 nitrogen and oxygen atoms in total. The van der Waals surface area contributed by atoms with Crippen LogP contribution in [-0.4, -0.2) is 17.4 Å². The van der Waals surface area contributed by atoms with Gasteiger partial charge in [0.05, 0.1) is 0 Å². The summed E-state index contributed by atoms with van der Waals surface area (Å²) in [7, 11) is 0. The van der Waals surface area contributed by atoms with E-state index >= 15 is 0 Å². The SMILES string of the molecule is CCCCCCCCC.[AlH3]. The first-order chi connectivity index (χ1) is 4.41. The molecule has 0 bridgehead atoms. The maximum absolute atomic E-state index is 2.26. The standard InChI is InChI=1S/C9H20.Al.3H/c1-3-5-7-9-8-6-4-2;;;;/h3-9H2,1-2H3;;;;. The lowest BCUT2D eigenvalue weighted by Crippen LogP contribution is -1.76. The minimum Gasteiger partial charge on any atom is -0.0654 e. The normalized spacial score (nSPS) is 9.00. The molecule has 0 radical (unpaired) electrons. The highest BCUT2D eigenvalue weighted by atomic mass is 27.0. The molecule has 0 aromatic heterocycles. The molecule has 1 heteroatoms. The van der Waals surface area contributed by atoms with E-state index in [0.717, 1.165) is 0 Å². The molecule has 0 aliphatic carbocycles. The molecule has 0 saturated heterocycles. The van der Waals surface area contributed by atoms with Crippen molar-refractivity contribution >= 4 is 17.4 Å². The van der Waals surface area contributed by atoms with Crippen LogP contribution in [0.5, 0.6) is 0 Å². The number of hydrogen-bond donors (Lipinski definition) is 0. The van der Waals surface area contributed by atoms with Gasteiger partial charge in [-0.1, -0.05) is 58.8 Å². The van der Waals surface area contributed by atoms with E-state index in [1.165, 1.54) is 44.9 Å². The molecular weight excluding hydrogens is 135 g/mol. The first kappa shape index (κ1) is 13.1. The van der Waals surface area contributed by atoms with Gasteiger partial charge in [-0.05, 0) is 0 Å². The van der Waals surface area contributed by atoms with Crippen LogP contribution in [0.3, 0.4) is 0 Å². The molecule has 0 atom stereocenters. The lowest BCUT2D eigenvalue weighted by Gasteiger charge is -1.96. The van der Waals surface area contributed by atoms with Gasteiger partial charge in [0, 0.05) is 0 Å². The molecule has 0 heterocycles. The maximum atomic E-state index is 2.26. The van der Waals surface area contributed by atoms with Gasteiger partial charge < -0.3 is 0 Å². The molecule has 0 saturated carbocycles. The van der Waals surface area contributed by atoms with E-state index in [4.69, 9.17) is 0 Å². The summed E-state index contributed by atoms with van der Waals surface area (Å²) in [6.07, 6.45) is 9.97. The molecule has 62 valence electrons. The molecule has 0 aliphatic heterocycles. The Hall–Kier alpha value is 0.532. The summed E-state index contributed by atoms with van der Waals surface area (Å²) in [6.45, 7) is 4.53. The van der Waals surface area contributed by atoms with Gasteiger partial charge in [-0.3, -0.25) is 0 Å². The van der Waals surface area contributed by atoms with Crippen molar-refractivity contribution in [2.45, 2.75) is 58.8 Å². The lowest BCUT2D eigenvalue weighted by atomic mass is 10.1. The van der Waals surface area contributed by atoms with Crippen LogP contribution in [0.4, 0.5) is 0 Å². The zero-order valence-corrected chi connectivity index (χ0v) is 6.95. The Morgan fingerprint density at radius 2 is 0.900 bits per heavy atom. The monoisotopic (exact) mass is 158 g/mol. The molecule has 10 heavy (non-hydrogen) atoms. The quantitative estimate of drug-likeness (QED) is 0.411. The van der Waals surface area contributed by atoms with Crippen molar-refractivity contribution in [3.63, 3.8) is 0 Å². The highest BCUT2D eigenvalue weighted by Crippen LogP contribution is 2.05. The topological polar surface area (TPSA) is 0 Å². The van der Waals surface area contributed by atoms with Crippen molar-refractivity contribution in [1.82, 2.24) is 0 Å². The van der Waals surface area contributed by atoms with E-state index in [9.17, 15) is 0 Å². The number of rotatable bonds is 6. The Labute approximate surface area is 76.5 Å². The summed E-state index contributed by atoms with van der Waals surface area (Å²) in [6, 6.07) is 0. The lowest BCUT2D eigenvalue weighted by molar-refractivity contribution is 0.602. The highest BCUT2D eigenvalue weighted by Gasteiger charge is 1.85. The van der Waals surface area contributed by atoms with Gasteiger partial charge >= 0.3 is 0 Å². The van der Waals surface area contributed by atoms with Gasteiger partial charge in [-0.25, -0.2) is 0 Å². The summed E-state index contributed by atoms with van der Waals surface area (Å²) in [5.74, 6) is 0. The van der Waals surface area contributed by atoms with Crippen molar-refractivity contribution in [3.8, 4) is 0 Å². The van der Waals surface area contributed by atoms with Crippen molar-refractivity contribution in [2.24, 2.45) is 0 Å². The summed E-state index contributed by atoms with van der Waals surface area (Å²) in [4.78, 5) is 0. The fourth-order valence-electron chi connectivity index (χ4n) is 1.03. The van der Waals surface area contributed by atoms with E-state index < -0.39 is 0 Å². The van der Waals surface area contributed by atoms with Crippen LogP contribution in [0.2, 0.25) is 0 Å². The second-order valence-electron chi connectivity index (χ2n) is 2.77. The molecule has 0 rings (SSSR count). The molecule has 0 aliphatic rings. The Kier molecular flexibility index (Phi) is 16.1. The van der Waals surface area contributed by atoms with Crippen molar-refractivity contribution in [1.29, 1.82) is 0 Å². The molecule has 0 unspecified atom stereocenters. The summed E-state index contributed by atoms with van der Waals surface area (Å²) < 4.78 is 0. The largest absolute Gasteiger partial charge is 0.187 e. The Balaban J connectivity index is 0. The smallest absolute Gasteiger partial charge is 0.0654 e. The molecule has 0 aromatic carbocycles. The first-order valence-electron chi connectivity index (χ1n) is 4.41. The van der Waals surface area contributed by atoms with Crippen LogP contribution in [-0.2, 0) is 0 Å². The predicted molar refractivity (Wildman–Crippen MR) is 53.6 cm³/mol. The van der Waals surface area contributed by atoms with Crippen LogP contribution in [0, 0.1) is 0 Å². The fraction of sp³-hybridized carbons (Fsp3) is 1.00. The van der Waals surface area contributed by atoms with Gasteiger partial charge in [0.1, 0.15) is 0 Å². The fourth-order valence-corrected chi connectivity index (χ4v) is 1.03. The van der Waals surface area contributed by atoms with Gasteiger partial charge in [0.15, 0.2) is 17.4 Å². The third-order valence-electron chi connectivity index (χ3n) is 1.71. The zero-order chi connectivity index (χ0) is 6.95. The second kappa shape index (κ2) is 12.2. The molecule has 0 spiro atoms. The molecule has 0 aromatic rings. The highest BCUT2D eigenvalue weighted by molar-refractivity contribution is 5.75. The second-order valence-corrected chi connectivity index (χ2v) is 2.77.